The van der Waals surface area contributed by atoms with Gasteiger partial charge in [0, 0.05) is 18.5 Å². The van der Waals surface area contributed by atoms with Crippen molar-refractivity contribution in [1.82, 2.24) is 14.9 Å². The van der Waals surface area contributed by atoms with E-state index in [0.717, 1.165) is 19.3 Å². The Hall–Kier alpha value is -2.61. The zero-order chi connectivity index (χ0) is 20.3. The molecule has 2 aromatic rings. The predicted octanol–water partition coefficient (Wildman–Crippen LogP) is 1.66. The number of carbonyl (C=O) groups excluding carboxylic acids is 1. The van der Waals surface area contributed by atoms with Gasteiger partial charge in [-0.05, 0) is 38.3 Å². The van der Waals surface area contributed by atoms with Gasteiger partial charge >= 0.3 is 0 Å². The van der Waals surface area contributed by atoms with Crippen LogP contribution in [0.15, 0.2) is 16.9 Å². The van der Waals surface area contributed by atoms with Crippen molar-refractivity contribution in [3.63, 3.8) is 0 Å². The highest BCUT2D eigenvalue weighted by molar-refractivity contribution is 5.82. The van der Waals surface area contributed by atoms with Crippen LogP contribution in [0.1, 0.15) is 32.0 Å². The highest BCUT2D eigenvalue weighted by Crippen LogP contribution is 2.33. The van der Waals surface area contributed by atoms with Crippen molar-refractivity contribution in [3.8, 4) is 11.5 Å². The summed E-state index contributed by atoms with van der Waals surface area (Å²) < 4.78 is 10.6. The number of methoxy groups -OCH3 is 2. The quantitative estimate of drug-likeness (QED) is 0.746. The maximum atomic E-state index is 13.0. The molecule has 1 aromatic carbocycles. The summed E-state index contributed by atoms with van der Waals surface area (Å²) in [6.45, 7) is 3.25. The Kier molecular flexibility index (Phi) is 6.18. The number of amides is 1. The van der Waals surface area contributed by atoms with E-state index in [1.807, 2.05) is 6.92 Å². The summed E-state index contributed by atoms with van der Waals surface area (Å²) in [5.74, 6) is 1.70. The first-order valence-corrected chi connectivity index (χ1v) is 9.66. The Balaban J connectivity index is 1.90. The summed E-state index contributed by atoms with van der Waals surface area (Å²) in [5.41, 5.74) is 6.06. The lowest BCUT2D eigenvalue weighted by atomic mass is 9.94. The monoisotopic (exact) mass is 388 g/mol. The highest BCUT2D eigenvalue weighted by Gasteiger charge is 2.34. The van der Waals surface area contributed by atoms with Gasteiger partial charge in [0.05, 0.1) is 31.7 Å². The SMILES string of the molecule is CCN(Cc1nc2cc(OC)c(OC)cc2c(=O)[nH]1)C(=O)[C@@H]1CCC[C@@H]1CN. The van der Waals surface area contributed by atoms with Crippen LogP contribution in [0.4, 0.5) is 0 Å². The summed E-state index contributed by atoms with van der Waals surface area (Å²) >= 11 is 0. The van der Waals surface area contributed by atoms with Gasteiger partial charge in [0.25, 0.3) is 5.56 Å². The fourth-order valence-corrected chi connectivity index (χ4v) is 3.99. The number of nitrogens with one attached hydrogen (secondary N) is 1. The number of nitrogens with two attached hydrogens (primary N) is 1. The van der Waals surface area contributed by atoms with E-state index in [-0.39, 0.29) is 29.8 Å². The number of nitrogens with zero attached hydrogens (tertiary/aromatic N) is 2. The topological polar surface area (TPSA) is 111 Å². The molecule has 1 aliphatic rings. The van der Waals surface area contributed by atoms with E-state index in [0.29, 0.717) is 41.3 Å². The number of aromatic nitrogens is 2. The number of fused-ring (bicyclic) bond motifs is 1. The normalized spacial score (nSPS) is 19.0. The Morgan fingerprint density at radius 3 is 2.64 bits per heavy atom. The van der Waals surface area contributed by atoms with Gasteiger partial charge in [-0.1, -0.05) is 6.42 Å². The second-order valence-corrected chi connectivity index (χ2v) is 7.12. The Bertz CT molecular complexity index is 911. The molecule has 1 fully saturated rings. The molecule has 1 aromatic heterocycles. The van der Waals surface area contributed by atoms with Crippen LogP contribution in [-0.2, 0) is 11.3 Å². The Morgan fingerprint density at radius 2 is 2.00 bits per heavy atom. The molecule has 0 saturated heterocycles. The first-order valence-electron chi connectivity index (χ1n) is 9.66. The summed E-state index contributed by atoms with van der Waals surface area (Å²) in [7, 11) is 3.05. The van der Waals surface area contributed by atoms with Crippen molar-refractivity contribution in [1.29, 1.82) is 0 Å². The zero-order valence-corrected chi connectivity index (χ0v) is 16.7. The highest BCUT2D eigenvalue weighted by atomic mass is 16.5. The largest absolute Gasteiger partial charge is 0.493 e. The molecule has 0 radical (unpaired) electrons. The maximum absolute atomic E-state index is 13.0. The van der Waals surface area contributed by atoms with Gasteiger partial charge in [-0.3, -0.25) is 9.59 Å². The molecule has 152 valence electrons. The van der Waals surface area contributed by atoms with E-state index >= 15 is 0 Å². The molecule has 3 N–H and O–H groups in total. The lowest BCUT2D eigenvalue weighted by Crippen LogP contribution is -2.39. The zero-order valence-electron chi connectivity index (χ0n) is 16.7. The van der Waals surface area contributed by atoms with Crippen LogP contribution in [-0.4, -0.2) is 48.1 Å². The molecular formula is C20H28N4O4. The third kappa shape index (κ3) is 3.82. The van der Waals surface area contributed by atoms with Crippen LogP contribution in [0.5, 0.6) is 11.5 Å². The van der Waals surface area contributed by atoms with E-state index in [1.165, 1.54) is 14.2 Å². The molecule has 0 bridgehead atoms. The number of rotatable bonds is 7. The second-order valence-electron chi connectivity index (χ2n) is 7.12. The summed E-state index contributed by atoms with van der Waals surface area (Å²) in [6, 6.07) is 3.28. The average Bonchev–Trinajstić information content (AvgIpc) is 3.19. The molecule has 1 aliphatic carbocycles. The molecular weight excluding hydrogens is 360 g/mol. The number of aromatic amines is 1. The summed E-state index contributed by atoms with van der Waals surface area (Å²) in [6.07, 6.45) is 2.90. The molecule has 0 unspecified atom stereocenters. The predicted molar refractivity (Wildman–Crippen MR) is 106 cm³/mol. The molecule has 2 atom stereocenters. The molecule has 8 heteroatoms. The smallest absolute Gasteiger partial charge is 0.258 e. The molecule has 0 aliphatic heterocycles. The molecule has 3 rings (SSSR count). The van der Waals surface area contributed by atoms with E-state index in [2.05, 4.69) is 9.97 Å². The number of ether oxygens (including phenoxy) is 2. The van der Waals surface area contributed by atoms with Gasteiger partial charge in [-0.25, -0.2) is 4.98 Å². The number of hydrogen-bond donors (Lipinski definition) is 2. The van der Waals surface area contributed by atoms with Gasteiger partial charge in [0.1, 0.15) is 5.82 Å². The fourth-order valence-electron chi connectivity index (χ4n) is 3.99. The second kappa shape index (κ2) is 8.60. The third-order valence-electron chi connectivity index (χ3n) is 5.57. The maximum Gasteiger partial charge on any atom is 0.258 e. The first kappa shape index (κ1) is 20.1. The van der Waals surface area contributed by atoms with Crippen LogP contribution in [0.25, 0.3) is 10.9 Å². The van der Waals surface area contributed by atoms with E-state index in [4.69, 9.17) is 15.2 Å². The van der Waals surface area contributed by atoms with E-state index in [9.17, 15) is 9.59 Å². The number of benzene rings is 1. The van der Waals surface area contributed by atoms with Gasteiger partial charge in [-0.2, -0.15) is 0 Å². The van der Waals surface area contributed by atoms with E-state index < -0.39 is 0 Å². The number of H-pyrrole nitrogens is 1. The molecule has 1 amide bonds. The fraction of sp³-hybridized carbons (Fsp3) is 0.550. The van der Waals surface area contributed by atoms with Gasteiger partial charge in [0.2, 0.25) is 5.91 Å². The minimum Gasteiger partial charge on any atom is -0.493 e. The Labute approximate surface area is 164 Å². The third-order valence-corrected chi connectivity index (χ3v) is 5.57. The molecule has 1 saturated carbocycles. The first-order chi connectivity index (χ1) is 13.5. The van der Waals surface area contributed by atoms with Crippen LogP contribution in [0, 0.1) is 11.8 Å². The summed E-state index contributed by atoms with van der Waals surface area (Å²) in [4.78, 5) is 34.6. The van der Waals surface area contributed by atoms with Crippen molar-refractivity contribution in [2.75, 3.05) is 27.3 Å². The van der Waals surface area contributed by atoms with Crippen LogP contribution >= 0.6 is 0 Å². The lowest BCUT2D eigenvalue weighted by Gasteiger charge is -2.26. The molecule has 8 nitrogen and oxygen atoms in total. The van der Waals surface area contributed by atoms with Crippen molar-refractivity contribution in [3.05, 3.63) is 28.3 Å². The minimum atomic E-state index is -0.273. The van der Waals surface area contributed by atoms with Crippen molar-refractivity contribution in [2.45, 2.75) is 32.7 Å². The summed E-state index contributed by atoms with van der Waals surface area (Å²) in [5, 5.41) is 0.412. The van der Waals surface area contributed by atoms with Crippen molar-refractivity contribution in [2.24, 2.45) is 17.6 Å². The van der Waals surface area contributed by atoms with Crippen molar-refractivity contribution < 1.29 is 14.3 Å². The van der Waals surface area contributed by atoms with Crippen LogP contribution in [0.2, 0.25) is 0 Å². The lowest BCUT2D eigenvalue weighted by molar-refractivity contribution is -0.137. The average molecular weight is 388 g/mol. The Morgan fingerprint density at radius 1 is 1.29 bits per heavy atom. The van der Waals surface area contributed by atoms with E-state index in [1.54, 1.807) is 17.0 Å². The van der Waals surface area contributed by atoms with Gasteiger partial charge < -0.3 is 25.1 Å². The van der Waals surface area contributed by atoms with Gasteiger partial charge in [0.15, 0.2) is 11.5 Å². The van der Waals surface area contributed by atoms with Crippen LogP contribution < -0.4 is 20.8 Å². The molecule has 28 heavy (non-hydrogen) atoms. The standard InChI is InChI=1S/C20H28N4O4/c1-4-24(20(26)13-7-5-6-12(13)10-21)11-18-22-15-9-17(28-3)16(27-2)8-14(15)19(25)23-18/h8-9,12-13H,4-7,10-11,21H2,1-3H3,(H,22,23,25)/t12-,13-/m1/s1. The molecule has 0 spiro atoms. The van der Waals surface area contributed by atoms with Gasteiger partial charge in [-0.15, -0.1) is 0 Å². The van der Waals surface area contributed by atoms with Crippen molar-refractivity contribution >= 4 is 16.8 Å². The number of hydrogen-bond acceptors (Lipinski definition) is 6. The minimum absolute atomic E-state index is 0.0403. The van der Waals surface area contributed by atoms with Crippen LogP contribution in [0.3, 0.4) is 0 Å². The molecule has 1 heterocycles. The number of carbonyl (C=O) groups is 1.